The molecular formula is C19H28N4O3. The Morgan fingerprint density at radius 3 is 2.81 bits per heavy atom. The number of anilines is 1. The predicted molar refractivity (Wildman–Crippen MR) is 101 cm³/mol. The fraction of sp³-hybridized carbons (Fsp3) is 0.579. The Balaban J connectivity index is 1.82. The van der Waals surface area contributed by atoms with Gasteiger partial charge in [0.2, 0.25) is 0 Å². The molecule has 0 spiro atoms. The summed E-state index contributed by atoms with van der Waals surface area (Å²) in [7, 11) is 0. The second-order valence-corrected chi connectivity index (χ2v) is 7.78. The molecule has 2 aromatic heterocycles. The van der Waals surface area contributed by atoms with Gasteiger partial charge in [-0.05, 0) is 46.2 Å². The molecule has 1 N–H and O–H groups in total. The molecule has 0 aromatic carbocycles. The maximum Gasteiger partial charge on any atom is 0.410 e. The van der Waals surface area contributed by atoms with Crippen LogP contribution in [-0.4, -0.2) is 63.4 Å². The number of aliphatic hydroxyl groups is 1. The first-order valence-electron chi connectivity index (χ1n) is 9.08. The van der Waals surface area contributed by atoms with Crippen LogP contribution < -0.4 is 4.90 Å². The zero-order valence-electron chi connectivity index (χ0n) is 16.0. The molecule has 142 valence electrons. The van der Waals surface area contributed by atoms with Crippen LogP contribution in [0.4, 0.5) is 10.6 Å². The van der Waals surface area contributed by atoms with Gasteiger partial charge in [0.15, 0.2) is 0 Å². The first kappa shape index (κ1) is 18.5. The molecule has 0 bridgehead atoms. The number of ether oxygens (including phenoxy) is 1. The number of nitrogens with zero attached hydrogens (tertiary/aromatic N) is 4. The Hall–Kier alpha value is -2.28. The van der Waals surface area contributed by atoms with Gasteiger partial charge in [0.25, 0.3) is 0 Å². The zero-order chi connectivity index (χ0) is 18.9. The summed E-state index contributed by atoms with van der Waals surface area (Å²) in [5.41, 5.74) is 1.35. The largest absolute Gasteiger partial charge is 0.444 e. The van der Waals surface area contributed by atoms with Crippen LogP contribution in [0.2, 0.25) is 0 Å². The van der Waals surface area contributed by atoms with Crippen molar-refractivity contribution in [2.75, 3.05) is 31.1 Å². The molecule has 3 heterocycles. The minimum absolute atomic E-state index is 0.0339. The summed E-state index contributed by atoms with van der Waals surface area (Å²) < 4.78 is 7.62. The molecule has 1 amide bonds. The fourth-order valence-electron chi connectivity index (χ4n) is 3.40. The second kappa shape index (κ2) is 7.15. The summed E-state index contributed by atoms with van der Waals surface area (Å²) in [4.78, 5) is 21.1. The van der Waals surface area contributed by atoms with E-state index in [1.54, 1.807) is 4.90 Å². The van der Waals surface area contributed by atoms with Gasteiger partial charge in [-0.3, -0.25) is 4.40 Å². The van der Waals surface area contributed by atoms with E-state index in [0.717, 1.165) is 17.2 Å². The summed E-state index contributed by atoms with van der Waals surface area (Å²) in [6.07, 6.45) is 2.23. The molecule has 0 saturated carbocycles. The monoisotopic (exact) mass is 360 g/mol. The quantitative estimate of drug-likeness (QED) is 0.910. The van der Waals surface area contributed by atoms with Gasteiger partial charge in [0, 0.05) is 32.4 Å². The molecule has 1 saturated heterocycles. The summed E-state index contributed by atoms with van der Waals surface area (Å²) >= 11 is 0. The third-order valence-electron chi connectivity index (χ3n) is 4.49. The molecule has 2 aromatic rings. The molecule has 1 aliphatic rings. The van der Waals surface area contributed by atoms with E-state index in [0.29, 0.717) is 26.1 Å². The zero-order valence-corrected chi connectivity index (χ0v) is 16.0. The summed E-state index contributed by atoms with van der Waals surface area (Å²) in [6, 6.07) is 5.95. The highest BCUT2D eigenvalue weighted by Crippen LogP contribution is 2.24. The van der Waals surface area contributed by atoms with Gasteiger partial charge in [0.1, 0.15) is 17.1 Å². The number of aromatic nitrogens is 2. The van der Waals surface area contributed by atoms with Gasteiger partial charge < -0.3 is 19.6 Å². The molecule has 0 aliphatic carbocycles. The van der Waals surface area contributed by atoms with Gasteiger partial charge in [-0.25, -0.2) is 9.78 Å². The van der Waals surface area contributed by atoms with Crippen molar-refractivity contribution in [1.29, 1.82) is 0 Å². The number of piperazine rings is 1. The number of aryl methyl sites for hydroxylation is 1. The Morgan fingerprint density at radius 1 is 1.35 bits per heavy atom. The molecule has 1 unspecified atom stereocenters. The normalized spacial score (nSPS) is 18.4. The highest BCUT2D eigenvalue weighted by atomic mass is 16.6. The van der Waals surface area contributed by atoms with Crippen molar-refractivity contribution in [2.24, 2.45) is 0 Å². The first-order chi connectivity index (χ1) is 12.3. The van der Waals surface area contributed by atoms with Gasteiger partial charge in [-0.2, -0.15) is 0 Å². The third kappa shape index (κ3) is 3.93. The highest BCUT2D eigenvalue weighted by molar-refractivity contribution is 5.69. The third-order valence-corrected chi connectivity index (χ3v) is 4.49. The number of carbonyl (C=O) groups excluding carboxylic acids is 1. The number of amides is 1. The maximum atomic E-state index is 12.5. The minimum atomic E-state index is -0.530. The summed E-state index contributed by atoms with van der Waals surface area (Å²) in [5.74, 6) is 1.05. The van der Waals surface area contributed by atoms with Crippen LogP contribution in [0.1, 0.15) is 32.9 Å². The van der Waals surface area contributed by atoms with Crippen LogP contribution in [0.5, 0.6) is 0 Å². The summed E-state index contributed by atoms with van der Waals surface area (Å²) in [6.45, 7) is 9.52. The number of carbonyl (C=O) groups is 1. The van der Waals surface area contributed by atoms with Crippen molar-refractivity contribution in [3.8, 4) is 0 Å². The smallest absolute Gasteiger partial charge is 0.410 e. The average molecular weight is 360 g/mol. The van der Waals surface area contributed by atoms with Crippen molar-refractivity contribution < 1.29 is 14.6 Å². The van der Waals surface area contributed by atoms with Gasteiger partial charge in [0.05, 0.1) is 11.7 Å². The van der Waals surface area contributed by atoms with Crippen LogP contribution in [0, 0.1) is 6.92 Å². The molecule has 7 heteroatoms. The van der Waals surface area contributed by atoms with Crippen molar-refractivity contribution in [1.82, 2.24) is 14.3 Å². The number of imidazole rings is 1. The van der Waals surface area contributed by atoms with Gasteiger partial charge >= 0.3 is 6.09 Å². The van der Waals surface area contributed by atoms with E-state index in [4.69, 9.17) is 4.74 Å². The Labute approximate surface area is 154 Å². The Kier molecular flexibility index (Phi) is 5.09. The first-order valence-corrected chi connectivity index (χ1v) is 9.08. The molecular weight excluding hydrogens is 332 g/mol. The lowest BCUT2D eigenvalue weighted by molar-refractivity contribution is 0.0115. The lowest BCUT2D eigenvalue weighted by Gasteiger charge is -2.42. The van der Waals surface area contributed by atoms with E-state index in [1.807, 2.05) is 46.0 Å². The van der Waals surface area contributed by atoms with Crippen LogP contribution >= 0.6 is 0 Å². The Morgan fingerprint density at radius 2 is 2.12 bits per heavy atom. The molecule has 0 radical (unpaired) electrons. The van der Waals surface area contributed by atoms with Gasteiger partial charge in [-0.1, -0.05) is 6.07 Å². The molecule has 1 fully saturated rings. The van der Waals surface area contributed by atoms with Crippen LogP contribution in [0.15, 0.2) is 24.4 Å². The van der Waals surface area contributed by atoms with Crippen LogP contribution in [0.3, 0.4) is 0 Å². The standard InChI is InChI=1S/C19H28N4O3/c1-14-12-23-16(20-14)6-5-7-17(23)21-9-10-22(15(13-21)8-11-24)18(25)26-19(2,3)4/h5-7,12,15,24H,8-11,13H2,1-4H3. The Bertz CT molecular complexity index is 781. The second-order valence-electron chi connectivity index (χ2n) is 7.78. The van der Waals surface area contributed by atoms with Crippen molar-refractivity contribution >= 4 is 17.6 Å². The topological polar surface area (TPSA) is 70.3 Å². The number of aliphatic hydroxyl groups excluding tert-OH is 1. The lowest BCUT2D eigenvalue weighted by atomic mass is 10.1. The van der Waals surface area contributed by atoms with E-state index in [1.165, 1.54) is 0 Å². The molecule has 1 aliphatic heterocycles. The number of rotatable bonds is 3. The predicted octanol–water partition coefficient (Wildman–Crippen LogP) is 2.45. The van der Waals surface area contributed by atoms with E-state index in [9.17, 15) is 9.90 Å². The van der Waals surface area contributed by atoms with E-state index in [-0.39, 0.29) is 18.7 Å². The highest BCUT2D eigenvalue weighted by Gasteiger charge is 2.33. The van der Waals surface area contributed by atoms with Gasteiger partial charge in [-0.15, -0.1) is 0 Å². The molecule has 26 heavy (non-hydrogen) atoms. The minimum Gasteiger partial charge on any atom is -0.444 e. The van der Waals surface area contributed by atoms with Crippen molar-refractivity contribution in [2.45, 2.75) is 45.8 Å². The number of pyridine rings is 1. The van der Waals surface area contributed by atoms with E-state index in [2.05, 4.69) is 20.4 Å². The maximum absolute atomic E-state index is 12.5. The van der Waals surface area contributed by atoms with Crippen LogP contribution in [0.25, 0.3) is 5.65 Å². The number of fused-ring (bicyclic) bond motifs is 1. The summed E-state index contributed by atoms with van der Waals surface area (Å²) in [5, 5.41) is 9.47. The van der Waals surface area contributed by atoms with E-state index >= 15 is 0 Å². The lowest BCUT2D eigenvalue weighted by Crippen LogP contribution is -2.56. The SMILES string of the molecule is Cc1cn2c(N3CCN(C(=O)OC(C)(C)C)C(CCO)C3)cccc2n1. The van der Waals surface area contributed by atoms with E-state index < -0.39 is 5.60 Å². The average Bonchev–Trinajstić information content (AvgIpc) is 2.93. The molecule has 3 rings (SSSR count). The van der Waals surface area contributed by atoms with Crippen LogP contribution in [-0.2, 0) is 4.74 Å². The number of hydrogen-bond donors (Lipinski definition) is 1. The molecule has 7 nitrogen and oxygen atoms in total. The van der Waals surface area contributed by atoms with Crippen molar-refractivity contribution in [3.63, 3.8) is 0 Å². The fourth-order valence-corrected chi connectivity index (χ4v) is 3.40. The van der Waals surface area contributed by atoms with Crippen molar-refractivity contribution in [3.05, 3.63) is 30.1 Å². The molecule has 1 atom stereocenters. The number of hydrogen-bond acceptors (Lipinski definition) is 5.